The number of anilines is 1. The van der Waals surface area contributed by atoms with Gasteiger partial charge in [-0.3, -0.25) is 4.99 Å². The number of methoxy groups -OCH3 is 2. The third kappa shape index (κ3) is 6.23. The molecule has 0 radical (unpaired) electrons. The van der Waals surface area contributed by atoms with Gasteiger partial charge < -0.3 is 26.7 Å². The lowest BCUT2D eigenvalue weighted by Crippen LogP contribution is -2.26. The summed E-state index contributed by atoms with van der Waals surface area (Å²) in [6, 6.07) is 7.48. The van der Waals surface area contributed by atoms with Crippen molar-refractivity contribution in [1.82, 2.24) is 4.98 Å². The Kier molecular flexibility index (Phi) is 8.08. The summed E-state index contributed by atoms with van der Waals surface area (Å²) < 4.78 is 10.4. The molecule has 0 fully saturated rings. The summed E-state index contributed by atoms with van der Waals surface area (Å²) in [6.45, 7) is 6.29. The number of aromatic nitrogens is 1. The highest BCUT2D eigenvalue weighted by Crippen LogP contribution is 2.32. The number of hydrogen-bond acceptors (Lipinski definition) is 7. The lowest BCUT2D eigenvalue weighted by Gasteiger charge is -2.20. The van der Waals surface area contributed by atoms with Crippen molar-refractivity contribution in [3.63, 3.8) is 0 Å². The van der Waals surface area contributed by atoms with Crippen LogP contribution in [0.15, 0.2) is 41.3 Å². The zero-order valence-corrected chi connectivity index (χ0v) is 19.3. The van der Waals surface area contributed by atoms with Crippen molar-refractivity contribution in [2.24, 2.45) is 16.5 Å². The highest BCUT2D eigenvalue weighted by atomic mass is 35.5. The molecular weight excluding hydrogens is 414 g/mol. The number of aliphatic imine (C=N–C) groups is 1. The van der Waals surface area contributed by atoms with Crippen molar-refractivity contribution in [3.05, 3.63) is 58.2 Å². The number of benzene rings is 1. The van der Waals surface area contributed by atoms with E-state index in [0.29, 0.717) is 28.7 Å². The molecule has 0 spiro atoms. The van der Waals surface area contributed by atoms with Crippen LogP contribution in [0.25, 0.3) is 22.9 Å². The lowest BCUT2D eigenvalue weighted by atomic mass is 9.97. The lowest BCUT2D eigenvalue weighted by molar-refractivity contribution is 0.0313. The summed E-state index contributed by atoms with van der Waals surface area (Å²) in [7, 11) is 3.15. The van der Waals surface area contributed by atoms with Crippen molar-refractivity contribution in [2.75, 3.05) is 26.5 Å². The number of hydrogen-bond donors (Lipinski definition) is 3. The Bertz CT molecular complexity index is 1030. The molecule has 0 saturated carbocycles. The molecule has 0 aliphatic heterocycles. The highest BCUT2D eigenvalue weighted by molar-refractivity contribution is 6.30. The molecule has 8 heteroatoms. The molecule has 0 amide bonds. The van der Waals surface area contributed by atoms with Crippen molar-refractivity contribution in [1.29, 1.82) is 0 Å². The summed E-state index contributed by atoms with van der Waals surface area (Å²) in [5, 5.41) is 0.402. The molecule has 7 nitrogen and oxygen atoms in total. The van der Waals surface area contributed by atoms with Gasteiger partial charge in [-0.1, -0.05) is 23.7 Å². The number of nitrogens with two attached hydrogens (primary N) is 3. The van der Waals surface area contributed by atoms with E-state index in [1.165, 1.54) is 13.3 Å². The fourth-order valence-electron chi connectivity index (χ4n) is 2.73. The van der Waals surface area contributed by atoms with Crippen LogP contribution in [0.5, 0.6) is 0 Å². The van der Waals surface area contributed by atoms with Crippen LogP contribution in [0.3, 0.4) is 0 Å². The van der Waals surface area contributed by atoms with E-state index in [9.17, 15) is 0 Å². The quantitative estimate of drug-likeness (QED) is 0.245. The monoisotopic (exact) mass is 443 g/mol. The predicted octanol–water partition coefficient (Wildman–Crippen LogP) is 3.99. The van der Waals surface area contributed by atoms with Gasteiger partial charge in [0.25, 0.3) is 0 Å². The van der Waals surface area contributed by atoms with Gasteiger partial charge in [0.15, 0.2) is 5.88 Å². The SMILES string of the molecule is CO/C(N)=C/c1ccc(-c2nc(Cl)c(C)cc2/C(C=NCC(C)(C)OC)=C/N)cc1N. The van der Waals surface area contributed by atoms with Gasteiger partial charge >= 0.3 is 0 Å². The van der Waals surface area contributed by atoms with Crippen LogP contribution in [0.1, 0.15) is 30.5 Å². The average molecular weight is 444 g/mol. The first-order valence-electron chi connectivity index (χ1n) is 9.67. The number of halogens is 1. The second kappa shape index (κ2) is 10.3. The van der Waals surface area contributed by atoms with E-state index in [1.54, 1.807) is 19.4 Å². The van der Waals surface area contributed by atoms with Gasteiger partial charge in [0.1, 0.15) is 5.15 Å². The Morgan fingerprint density at radius 1 is 1.26 bits per heavy atom. The number of allylic oxidation sites excluding steroid dienone is 1. The van der Waals surface area contributed by atoms with Gasteiger partial charge in [0, 0.05) is 53.6 Å². The van der Waals surface area contributed by atoms with Gasteiger partial charge in [-0.15, -0.1) is 0 Å². The predicted molar refractivity (Wildman–Crippen MR) is 130 cm³/mol. The Hall–Kier alpha value is -3.03. The minimum atomic E-state index is -0.380. The summed E-state index contributed by atoms with van der Waals surface area (Å²) in [5.74, 6) is 0.264. The van der Waals surface area contributed by atoms with E-state index in [4.69, 9.17) is 38.3 Å². The second-order valence-corrected chi connectivity index (χ2v) is 8.00. The van der Waals surface area contributed by atoms with E-state index in [1.807, 2.05) is 45.0 Å². The van der Waals surface area contributed by atoms with Crippen LogP contribution in [-0.2, 0) is 9.47 Å². The van der Waals surface area contributed by atoms with Crippen LogP contribution in [-0.4, -0.2) is 37.6 Å². The summed E-state index contributed by atoms with van der Waals surface area (Å²) in [5.41, 5.74) is 22.6. The second-order valence-electron chi connectivity index (χ2n) is 7.64. The zero-order valence-electron chi connectivity index (χ0n) is 18.6. The van der Waals surface area contributed by atoms with Crippen LogP contribution < -0.4 is 17.2 Å². The number of ether oxygens (including phenoxy) is 2. The zero-order chi connectivity index (χ0) is 23.2. The molecule has 166 valence electrons. The Morgan fingerprint density at radius 3 is 2.55 bits per heavy atom. The average Bonchev–Trinajstić information content (AvgIpc) is 2.74. The fraction of sp³-hybridized carbons (Fsp3) is 0.304. The largest absolute Gasteiger partial charge is 0.483 e. The van der Waals surface area contributed by atoms with E-state index in [2.05, 4.69) is 9.98 Å². The number of nitrogens with zero attached hydrogens (tertiary/aromatic N) is 2. The van der Waals surface area contributed by atoms with Gasteiger partial charge in [-0.05, 0) is 38.5 Å². The summed E-state index contributed by atoms with van der Waals surface area (Å²) in [4.78, 5) is 9.10. The highest BCUT2D eigenvalue weighted by Gasteiger charge is 2.17. The topological polar surface area (TPSA) is 122 Å². The molecule has 1 aromatic heterocycles. The maximum atomic E-state index is 6.34. The molecule has 2 aromatic rings. The molecule has 0 aliphatic rings. The first-order chi connectivity index (χ1) is 14.6. The molecule has 1 heterocycles. The first kappa shape index (κ1) is 24.2. The van der Waals surface area contributed by atoms with E-state index in [-0.39, 0.29) is 11.5 Å². The standard InChI is InChI=1S/C23H30ClN5O2/c1-14-8-18(17(11-25)12-28-13-23(2,3)31-5)21(29-22(14)24)16-7-6-15(19(26)9-16)10-20(27)30-4/h6-12H,13,25-27H2,1-5H3/b17-11+,20-10+,28-12?. The third-order valence-electron chi connectivity index (χ3n) is 4.79. The maximum Gasteiger partial charge on any atom is 0.184 e. The Morgan fingerprint density at radius 2 is 1.97 bits per heavy atom. The van der Waals surface area contributed by atoms with E-state index in [0.717, 1.165) is 22.3 Å². The van der Waals surface area contributed by atoms with Crippen LogP contribution >= 0.6 is 11.6 Å². The van der Waals surface area contributed by atoms with Crippen LogP contribution in [0.2, 0.25) is 5.15 Å². The van der Waals surface area contributed by atoms with Gasteiger partial charge in [-0.2, -0.15) is 0 Å². The van der Waals surface area contributed by atoms with Gasteiger partial charge in [0.05, 0.1) is 24.9 Å². The molecular formula is C23H30ClN5O2. The summed E-state index contributed by atoms with van der Waals surface area (Å²) >= 11 is 6.34. The molecule has 1 aromatic carbocycles. The van der Waals surface area contributed by atoms with Crippen LogP contribution in [0, 0.1) is 6.92 Å². The normalized spacial score (nSPS) is 13.1. The van der Waals surface area contributed by atoms with Crippen LogP contribution in [0.4, 0.5) is 5.69 Å². The third-order valence-corrected chi connectivity index (χ3v) is 5.17. The molecule has 0 bridgehead atoms. The molecule has 2 rings (SSSR count). The Labute approximate surface area is 188 Å². The smallest absolute Gasteiger partial charge is 0.184 e. The molecule has 0 aliphatic carbocycles. The summed E-state index contributed by atoms with van der Waals surface area (Å²) in [6.07, 6.45) is 4.87. The molecule has 0 unspecified atom stereocenters. The van der Waals surface area contributed by atoms with Crippen molar-refractivity contribution in [2.45, 2.75) is 26.4 Å². The van der Waals surface area contributed by atoms with Gasteiger partial charge in [-0.25, -0.2) is 4.98 Å². The Balaban J connectivity index is 2.53. The molecule has 31 heavy (non-hydrogen) atoms. The van der Waals surface area contributed by atoms with E-state index >= 15 is 0 Å². The number of pyridine rings is 1. The number of aryl methyl sites for hydroxylation is 1. The minimum Gasteiger partial charge on any atom is -0.483 e. The first-order valence-corrected chi connectivity index (χ1v) is 10.0. The van der Waals surface area contributed by atoms with Crippen molar-refractivity contribution < 1.29 is 9.47 Å². The van der Waals surface area contributed by atoms with Crippen molar-refractivity contribution in [3.8, 4) is 11.3 Å². The molecule has 0 saturated heterocycles. The number of nitrogen functional groups attached to an aromatic ring is 1. The maximum absolute atomic E-state index is 6.34. The van der Waals surface area contributed by atoms with Crippen molar-refractivity contribution >= 4 is 35.2 Å². The minimum absolute atomic E-state index is 0.264. The van der Waals surface area contributed by atoms with E-state index < -0.39 is 0 Å². The molecule has 0 atom stereocenters. The fourth-order valence-corrected chi connectivity index (χ4v) is 2.87. The number of rotatable bonds is 8. The van der Waals surface area contributed by atoms with Gasteiger partial charge in [0.2, 0.25) is 0 Å². The molecule has 6 N–H and O–H groups in total.